The lowest BCUT2D eigenvalue weighted by atomic mass is 10.6. The molecule has 1 heterocycles. The summed E-state index contributed by atoms with van der Waals surface area (Å²) in [6.07, 6.45) is 2.73. The molecule has 1 aromatic rings. The fourth-order valence-electron chi connectivity index (χ4n) is 0.789. The summed E-state index contributed by atoms with van der Waals surface area (Å²) >= 11 is 0. The predicted octanol–water partition coefficient (Wildman–Crippen LogP) is -1.08. The van der Waals surface area contributed by atoms with Gasteiger partial charge in [0.2, 0.25) is 0 Å². The molecule has 4 nitrogen and oxygen atoms in total. The molecule has 4 heteroatoms. The molecular formula is C6H9N2O2+. The highest BCUT2D eigenvalue weighted by Crippen LogP contribution is 1.96. The molecule has 0 fully saturated rings. The summed E-state index contributed by atoms with van der Waals surface area (Å²) in [5, 5.41) is 8.94. The number of hydrogen-bond acceptors (Lipinski definition) is 2. The SMILES string of the molecule is Cn1cc(O)c[n+](C)c1=O. The molecule has 54 valence electrons. The van der Waals surface area contributed by atoms with Crippen LogP contribution in [0.25, 0.3) is 0 Å². The van der Waals surface area contributed by atoms with Crippen molar-refractivity contribution in [1.82, 2.24) is 4.57 Å². The van der Waals surface area contributed by atoms with E-state index in [0.717, 1.165) is 0 Å². The Kier molecular flexibility index (Phi) is 1.45. The molecule has 1 N–H and O–H groups in total. The largest absolute Gasteiger partial charge is 0.502 e. The van der Waals surface area contributed by atoms with Crippen LogP contribution < -0.4 is 10.3 Å². The van der Waals surface area contributed by atoms with Crippen molar-refractivity contribution in [3.63, 3.8) is 0 Å². The Bertz CT molecular complexity index is 277. The van der Waals surface area contributed by atoms with E-state index in [2.05, 4.69) is 0 Å². The van der Waals surface area contributed by atoms with Crippen molar-refractivity contribution in [1.29, 1.82) is 0 Å². The highest BCUT2D eigenvalue weighted by molar-refractivity contribution is 5.04. The normalized spacial score (nSPS) is 9.80. The Morgan fingerprint density at radius 1 is 1.70 bits per heavy atom. The average molecular weight is 141 g/mol. The molecule has 0 aliphatic carbocycles. The molecule has 0 bridgehead atoms. The van der Waals surface area contributed by atoms with Crippen molar-refractivity contribution in [2.45, 2.75) is 0 Å². The van der Waals surface area contributed by atoms with Gasteiger partial charge in [0.25, 0.3) is 0 Å². The summed E-state index contributed by atoms with van der Waals surface area (Å²) in [6, 6.07) is 0. The fraction of sp³-hybridized carbons (Fsp3) is 0.333. The molecule has 0 unspecified atom stereocenters. The van der Waals surface area contributed by atoms with Gasteiger partial charge in [-0.25, -0.2) is 0 Å². The molecule has 1 rings (SSSR count). The van der Waals surface area contributed by atoms with E-state index < -0.39 is 0 Å². The third-order valence-corrected chi connectivity index (χ3v) is 1.26. The van der Waals surface area contributed by atoms with Crippen molar-refractivity contribution in [2.24, 2.45) is 14.1 Å². The minimum Gasteiger partial charge on any atom is -0.502 e. The number of aromatic hydroxyl groups is 1. The van der Waals surface area contributed by atoms with E-state index in [4.69, 9.17) is 5.11 Å². The number of aryl methyl sites for hydroxylation is 2. The van der Waals surface area contributed by atoms with Crippen LogP contribution >= 0.6 is 0 Å². The second-order valence-electron chi connectivity index (χ2n) is 2.19. The summed E-state index contributed by atoms with van der Waals surface area (Å²) in [5.41, 5.74) is -0.155. The highest BCUT2D eigenvalue weighted by atomic mass is 16.3. The maximum atomic E-state index is 10.9. The quantitative estimate of drug-likeness (QED) is 0.467. The summed E-state index contributed by atoms with van der Waals surface area (Å²) in [4.78, 5) is 10.9. The van der Waals surface area contributed by atoms with Gasteiger partial charge in [0, 0.05) is 0 Å². The Hall–Kier alpha value is -1.32. The maximum Gasteiger partial charge on any atom is 0.497 e. The van der Waals surface area contributed by atoms with Gasteiger partial charge in [0.05, 0.1) is 14.1 Å². The van der Waals surface area contributed by atoms with E-state index in [9.17, 15) is 4.79 Å². The van der Waals surface area contributed by atoms with Crippen LogP contribution in [0.1, 0.15) is 0 Å². The first-order valence-corrected chi connectivity index (χ1v) is 2.86. The molecule has 0 aliphatic heterocycles. The lowest BCUT2D eigenvalue weighted by Gasteiger charge is -1.92. The minimum absolute atomic E-state index is 0.0876. The maximum absolute atomic E-state index is 10.9. The van der Waals surface area contributed by atoms with Crippen LogP contribution in [-0.2, 0) is 14.1 Å². The summed E-state index contributed by atoms with van der Waals surface area (Å²) in [7, 11) is 3.17. The van der Waals surface area contributed by atoms with Crippen LogP contribution in [0.5, 0.6) is 5.75 Å². The average Bonchev–Trinajstić information content (AvgIpc) is 1.82. The first-order valence-electron chi connectivity index (χ1n) is 2.86. The Labute approximate surface area is 58.0 Å². The molecule has 0 saturated carbocycles. The van der Waals surface area contributed by atoms with Crippen LogP contribution in [0.4, 0.5) is 0 Å². The zero-order chi connectivity index (χ0) is 7.72. The van der Waals surface area contributed by atoms with Gasteiger partial charge in [-0.3, -0.25) is 0 Å². The smallest absolute Gasteiger partial charge is 0.497 e. The molecule has 0 aliphatic rings. The van der Waals surface area contributed by atoms with E-state index >= 15 is 0 Å². The second kappa shape index (κ2) is 2.13. The third-order valence-electron chi connectivity index (χ3n) is 1.26. The molecule has 0 amide bonds. The molecule has 0 spiro atoms. The van der Waals surface area contributed by atoms with Crippen molar-refractivity contribution in [3.05, 3.63) is 22.9 Å². The Morgan fingerprint density at radius 3 is 2.80 bits per heavy atom. The van der Waals surface area contributed by atoms with E-state index in [1.54, 1.807) is 14.1 Å². The zero-order valence-corrected chi connectivity index (χ0v) is 5.90. The Morgan fingerprint density at radius 2 is 2.30 bits per heavy atom. The van der Waals surface area contributed by atoms with Crippen LogP contribution in [0, 0.1) is 0 Å². The van der Waals surface area contributed by atoms with Gasteiger partial charge >= 0.3 is 5.69 Å². The highest BCUT2D eigenvalue weighted by Gasteiger charge is 2.03. The third kappa shape index (κ3) is 1.00. The van der Waals surface area contributed by atoms with Crippen molar-refractivity contribution in [3.8, 4) is 5.75 Å². The number of hydrogen-bond donors (Lipinski definition) is 1. The molecule has 0 saturated heterocycles. The van der Waals surface area contributed by atoms with E-state index in [0.29, 0.717) is 0 Å². The van der Waals surface area contributed by atoms with Crippen molar-refractivity contribution >= 4 is 0 Å². The van der Waals surface area contributed by atoms with E-state index in [-0.39, 0.29) is 11.4 Å². The molecule has 10 heavy (non-hydrogen) atoms. The van der Waals surface area contributed by atoms with Gasteiger partial charge < -0.3 is 5.11 Å². The summed E-state index contributed by atoms with van der Waals surface area (Å²) < 4.78 is 2.63. The van der Waals surface area contributed by atoms with Crippen LogP contribution in [0.3, 0.4) is 0 Å². The summed E-state index contributed by atoms with van der Waals surface area (Å²) in [6.45, 7) is 0. The number of rotatable bonds is 0. The number of aromatic nitrogens is 2. The second-order valence-corrected chi connectivity index (χ2v) is 2.19. The zero-order valence-electron chi connectivity index (χ0n) is 5.90. The standard InChI is InChI=1S/C6H8N2O2/c1-7-3-5(9)4-8(2)6(7)10/h3-4H,1-2H3/p+1. The fourth-order valence-corrected chi connectivity index (χ4v) is 0.789. The molecule has 1 aromatic heterocycles. The monoisotopic (exact) mass is 141 g/mol. The van der Waals surface area contributed by atoms with Gasteiger partial charge in [-0.15, -0.1) is 0 Å². The first-order chi connectivity index (χ1) is 4.61. The van der Waals surface area contributed by atoms with Gasteiger partial charge in [-0.2, -0.15) is 13.9 Å². The lowest BCUT2D eigenvalue weighted by molar-refractivity contribution is -0.691. The first kappa shape index (κ1) is 6.80. The van der Waals surface area contributed by atoms with Gasteiger partial charge in [-0.05, 0) is 0 Å². The minimum atomic E-state index is -0.155. The molecule has 0 aromatic carbocycles. The topological polar surface area (TPSA) is 46.1 Å². The number of nitrogens with zero attached hydrogens (tertiary/aromatic N) is 2. The van der Waals surface area contributed by atoms with E-state index in [1.807, 2.05) is 0 Å². The van der Waals surface area contributed by atoms with Crippen LogP contribution in [-0.4, -0.2) is 9.67 Å². The van der Waals surface area contributed by atoms with Crippen molar-refractivity contribution < 1.29 is 9.67 Å². The lowest BCUT2D eigenvalue weighted by Crippen LogP contribution is -2.50. The van der Waals surface area contributed by atoms with Crippen LogP contribution in [0.15, 0.2) is 17.2 Å². The molecule has 0 atom stereocenters. The molecule has 0 radical (unpaired) electrons. The Balaban J connectivity index is 3.46. The van der Waals surface area contributed by atoms with Crippen molar-refractivity contribution in [2.75, 3.05) is 0 Å². The van der Waals surface area contributed by atoms with Gasteiger partial charge in [0.1, 0.15) is 12.4 Å². The summed E-state index contributed by atoms with van der Waals surface area (Å²) in [5.74, 6) is 0.0876. The molecular weight excluding hydrogens is 132 g/mol. The van der Waals surface area contributed by atoms with Gasteiger partial charge in [-0.1, -0.05) is 0 Å². The van der Waals surface area contributed by atoms with Gasteiger partial charge in [0.15, 0.2) is 5.75 Å². The van der Waals surface area contributed by atoms with Crippen LogP contribution in [0.2, 0.25) is 0 Å². The predicted molar refractivity (Wildman–Crippen MR) is 34.5 cm³/mol. The van der Waals surface area contributed by atoms with E-state index in [1.165, 1.54) is 21.5 Å².